The summed E-state index contributed by atoms with van der Waals surface area (Å²) < 4.78 is 0. The molecular weight excluding hydrogens is 252 g/mol. The summed E-state index contributed by atoms with van der Waals surface area (Å²) in [6, 6.07) is -0.740. The zero-order chi connectivity index (χ0) is 14.6. The highest BCUT2D eigenvalue weighted by molar-refractivity contribution is 6.14. The molecule has 7 heteroatoms. The molecule has 0 radical (unpaired) electrons. The van der Waals surface area contributed by atoms with Crippen molar-refractivity contribution in [1.29, 1.82) is 0 Å². The molecule has 4 amide bonds. The number of Topliss-reactive ketones (excluding diaryl/α,β-unsaturated/α-hetero) is 2. The van der Waals surface area contributed by atoms with Crippen LogP contribution in [0.3, 0.4) is 0 Å². The van der Waals surface area contributed by atoms with E-state index in [4.69, 9.17) is 0 Å². The number of urea groups is 1. The van der Waals surface area contributed by atoms with Gasteiger partial charge in [0.1, 0.15) is 18.0 Å². The molecule has 0 aromatic heterocycles. The highest BCUT2D eigenvalue weighted by Crippen LogP contribution is 2.30. The van der Waals surface area contributed by atoms with Gasteiger partial charge in [-0.2, -0.15) is 0 Å². The molecule has 2 fully saturated rings. The predicted molar refractivity (Wildman–Crippen MR) is 63.9 cm³/mol. The molecule has 19 heavy (non-hydrogen) atoms. The third-order valence-corrected chi connectivity index (χ3v) is 2.57. The van der Waals surface area contributed by atoms with Crippen LogP contribution in [0.5, 0.6) is 0 Å². The van der Waals surface area contributed by atoms with Crippen LogP contribution >= 0.6 is 0 Å². The molecule has 1 saturated heterocycles. The standard InChI is InChI=1S/C8H12O2.C4H4N2O3/c1-8(2)4-6(9)3-7(10)5-8;7-2-1-3(8)6-4(9)5-2/h3-5H2,1-2H3;1H2,(H2,5,6,7,8,9). The van der Waals surface area contributed by atoms with Gasteiger partial charge in [-0.05, 0) is 5.41 Å². The van der Waals surface area contributed by atoms with Gasteiger partial charge >= 0.3 is 6.03 Å². The second-order valence-corrected chi connectivity index (χ2v) is 5.37. The monoisotopic (exact) mass is 268 g/mol. The first-order valence-corrected chi connectivity index (χ1v) is 5.85. The molecule has 1 aliphatic carbocycles. The maximum Gasteiger partial charge on any atom is 0.328 e. The lowest BCUT2D eigenvalue weighted by molar-refractivity contribution is -0.134. The quantitative estimate of drug-likeness (QED) is 0.604. The van der Waals surface area contributed by atoms with E-state index in [1.807, 2.05) is 24.5 Å². The van der Waals surface area contributed by atoms with Crippen molar-refractivity contribution in [2.75, 3.05) is 0 Å². The van der Waals surface area contributed by atoms with Crippen molar-refractivity contribution in [1.82, 2.24) is 10.6 Å². The molecular formula is C12H16N2O5. The minimum atomic E-state index is -0.740. The molecule has 1 aliphatic heterocycles. The fourth-order valence-corrected chi connectivity index (χ4v) is 1.99. The first-order chi connectivity index (χ1) is 8.68. The van der Waals surface area contributed by atoms with E-state index in [0.717, 1.165) is 0 Å². The summed E-state index contributed by atoms with van der Waals surface area (Å²) in [6.45, 7) is 3.92. The Morgan fingerprint density at radius 3 is 1.53 bits per heavy atom. The van der Waals surface area contributed by atoms with E-state index < -0.39 is 17.8 Å². The van der Waals surface area contributed by atoms with Crippen LogP contribution in [0.1, 0.15) is 39.5 Å². The highest BCUT2D eigenvalue weighted by atomic mass is 16.2. The Morgan fingerprint density at radius 1 is 0.789 bits per heavy atom. The Labute approximate surface area is 110 Å². The van der Waals surface area contributed by atoms with Gasteiger partial charge in [-0.1, -0.05) is 13.8 Å². The number of rotatable bonds is 0. The van der Waals surface area contributed by atoms with Crippen LogP contribution in [0, 0.1) is 5.41 Å². The van der Waals surface area contributed by atoms with Gasteiger partial charge in [0.2, 0.25) is 11.8 Å². The molecule has 0 spiro atoms. The molecule has 2 rings (SSSR count). The van der Waals surface area contributed by atoms with Gasteiger partial charge in [0.25, 0.3) is 0 Å². The Balaban J connectivity index is 0.000000191. The molecule has 0 bridgehead atoms. The van der Waals surface area contributed by atoms with Gasteiger partial charge in [-0.15, -0.1) is 0 Å². The lowest BCUT2D eigenvalue weighted by Gasteiger charge is -2.26. The van der Waals surface area contributed by atoms with Gasteiger partial charge in [0, 0.05) is 12.8 Å². The summed E-state index contributed by atoms with van der Waals surface area (Å²) >= 11 is 0. The van der Waals surface area contributed by atoms with Crippen LogP contribution in [-0.2, 0) is 19.2 Å². The zero-order valence-electron chi connectivity index (χ0n) is 10.9. The van der Waals surface area contributed by atoms with E-state index in [1.165, 1.54) is 0 Å². The van der Waals surface area contributed by atoms with Gasteiger partial charge in [0.15, 0.2) is 0 Å². The summed E-state index contributed by atoms with van der Waals surface area (Å²) in [6.07, 6.45) is 1.05. The second kappa shape index (κ2) is 5.73. The van der Waals surface area contributed by atoms with E-state index in [-0.39, 0.29) is 29.8 Å². The Hall–Kier alpha value is -2.05. The largest absolute Gasteiger partial charge is 0.328 e. The third kappa shape index (κ3) is 5.41. The van der Waals surface area contributed by atoms with E-state index >= 15 is 0 Å². The van der Waals surface area contributed by atoms with E-state index in [0.29, 0.717) is 12.8 Å². The molecule has 0 aromatic rings. The fourth-order valence-electron chi connectivity index (χ4n) is 1.99. The molecule has 2 aliphatic rings. The summed E-state index contributed by atoms with van der Waals surface area (Å²) in [5, 5.41) is 3.80. The number of hydrogen-bond acceptors (Lipinski definition) is 5. The normalized spacial score (nSPS) is 22.1. The van der Waals surface area contributed by atoms with E-state index in [2.05, 4.69) is 0 Å². The van der Waals surface area contributed by atoms with Crippen molar-refractivity contribution in [2.45, 2.75) is 39.5 Å². The SMILES string of the molecule is CC1(C)CC(=O)CC(=O)C1.O=C1CC(=O)NC(=O)N1. The van der Waals surface area contributed by atoms with Crippen LogP contribution in [-0.4, -0.2) is 29.4 Å². The summed E-state index contributed by atoms with van der Waals surface area (Å²) in [4.78, 5) is 52.5. The minimum absolute atomic E-state index is 0.0770. The Kier molecular flexibility index (Phi) is 4.52. The molecule has 7 nitrogen and oxygen atoms in total. The van der Waals surface area contributed by atoms with Crippen molar-refractivity contribution in [3.05, 3.63) is 0 Å². The van der Waals surface area contributed by atoms with E-state index in [9.17, 15) is 24.0 Å². The molecule has 0 unspecified atom stereocenters. The van der Waals surface area contributed by atoms with Crippen molar-refractivity contribution >= 4 is 29.4 Å². The van der Waals surface area contributed by atoms with Gasteiger partial charge in [0.05, 0.1) is 6.42 Å². The lowest BCUT2D eigenvalue weighted by Crippen LogP contribution is -2.49. The number of carbonyl (C=O) groups is 5. The van der Waals surface area contributed by atoms with Crippen LogP contribution < -0.4 is 10.6 Å². The number of nitrogens with one attached hydrogen (secondary N) is 2. The van der Waals surface area contributed by atoms with Crippen LogP contribution in [0.25, 0.3) is 0 Å². The summed E-state index contributed by atoms with van der Waals surface area (Å²) in [5.41, 5.74) is -0.0770. The molecule has 1 heterocycles. The van der Waals surface area contributed by atoms with Crippen LogP contribution in [0.15, 0.2) is 0 Å². The number of barbiturate groups is 1. The second-order valence-electron chi connectivity index (χ2n) is 5.37. The predicted octanol–water partition coefficient (Wildman–Crippen LogP) is 0.0772. The zero-order valence-corrected chi connectivity index (χ0v) is 10.9. The van der Waals surface area contributed by atoms with Crippen molar-refractivity contribution in [2.24, 2.45) is 5.41 Å². The van der Waals surface area contributed by atoms with Crippen LogP contribution in [0.4, 0.5) is 4.79 Å². The molecule has 1 saturated carbocycles. The van der Waals surface area contributed by atoms with Crippen molar-refractivity contribution < 1.29 is 24.0 Å². The summed E-state index contributed by atoms with van der Waals surface area (Å²) in [5.74, 6) is -0.907. The van der Waals surface area contributed by atoms with Gasteiger partial charge in [-0.25, -0.2) is 4.79 Å². The third-order valence-electron chi connectivity index (χ3n) is 2.57. The van der Waals surface area contributed by atoms with Gasteiger partial charge < -0.3 is 0 Å². The Bertz CT molecular complexity index is 390. The molecule has 2 N–H and O–H groups in total. The number of hydrogen-bond donors (Lipinski definition) is 2. The van der Waals surface area contributed by atoms with Crippen LogP contribution in [0.2, 0.25) is 0 Å². The maximum absolute atomic E-state index is 10.9. The average molecular weight is 268 g/mol. The first kappa shape index (κ1) is 15.0. The maximum atomic E-state index is 10.9. The first-order valence-electron chi connectivity index (χ1n) is 5.85. The molecule has 104 valence electrons. The number of carbonyl (C=O) groups excluding carboxylic acids is 5. The number of ketones is 2. The topological polar surface area (TPSA) is 109 Å². The summed E-state index contributed by atoms with van der Waals surface area (Å²) in [7, 11) is 0. The molecule has 0 aromatic carbocycles. The smallest absolute Gasteiger partial charge is 0.299 e. The number of amides is 4. The average Bonchev–Trinajstić information content (AvgIpc) is 2.10. The van der Waals surface area contributed by atoms with Crippen molar-refractivity contribution in [3.8, 4) is 0 Å². The number of imide groups is 2. The Morgan fingerprint density at radius 2 is 1.21 bits per heavy atom. The molecule has 0 atom stereocenters. The van der Waals surface area contributed by atoms with E-state index in [1.54, 1.807) is 0 Å². The minimum Gasteiger partial charge on any atom is -0.299 e. The van der Waals surface area contributed by atoms with Gasteiger partial charge in [-0.3, -0.25) is 29.8 Å². The van der Waals surface area contributed by atoms with Crippen molar-refractivity contribution in [3.63, 3.8) is 0 Å². The lowest BCUT2D eigenvalue weighted by atomic mass is 9.76. The highest BCUT2D eigenvalue weighted by Gasteiger charge is 2.31. The fraction of sp³-hybridized carbons (Fsp3) is 0.583.